The molecular formula is C75H47NO2. The van der Waals surface area contributed by atoms with E-state index in [1.807, 2.05) is 0 Å². The quantitative estimate of drug-likeness (QED) is 0.172. The number of hydrogen-bond acceptors (Lipinski definition) is 3. The molecular weight excluding hydrogens is 947 g/mol. The first kappa shape index (κ1) is 43.3. The maximum atomic E-state index is 6.84. The van der Waals surface area contributed by atoms with Crippen LogP contribution in [0.2, 0.25) is 0 Å². The van der Waals surface area contributed by atoms with Gasteiger partial charge in [-0.05, 0) is 127 Å². The molecule has 78 heavy (non-hydrogen) atoms. The van der Waals surface area contributed by atoms with E-state index in [-0.39, 0.29) is 0 Å². The lowest BCUT2D eigenvalue weighted by Crippen LogP contribution is -2.32. The first-order valence-electron chi connectivity index (χ1n) is 27.1. The molecule has 0 fully saturated rings. The van der Waals surface area contributed by atoms with Crippen molar-refractivity contribution in [2.45, 2.75) is 16.2 Å². The minimum absolute atomic E-state index is 0.611. The van der Waals surface area contributed by atoms with Gasteiger partial charge in [0.1, 0.15) is 23.0 Å². The normalized spacial score (nSPS) is 14.9. The average molecular weight is 994 g/mol. The van der Waals surface area contributed by atoms with Gasteiger partial charge in [0.15, 0.2) is 0 Å². The SMILES string of the molecule is c1ccc(C2(c3ccccc3)c3ccccc3-c3ccc(N(c4ccc5c(c4)C4(c6ccccc6Oc6ccccc64)c4ccccc4-5)c4cccc5c4-c4ccccc4C54c5ccccc5Oc5ccccc54)cc32)cc1. The van der Waals surface area contributed by atoms with Crippen LogP contribution in [0.5, 0.6) is 23.0 Å². The van der Waals surface area contributed by atoms with E-state index in [0.29, 0.717) is 0 Å². The van der Waals surface area contributed by atoms with Crippen molar-refractivity contribution in [3.63, 3.8) is 0 Å². The maximum Gasteiger partial charge on any atom is 0.132 e. The topological polar surface area (TPSA) is 21.7 Å². The number of anilines is 3. The number of benzene rings is 12. The van der Waals surface area contributed by atoms with Gasteiger partial charge >= 0.3 is 0 Å². The molecule has 3 heteroatoms. The number of ether oxygens (including phenoxy) is 2. The van der Waals surface area contributed by atoms with Crippen LogP contribution in [-0.2, 0) is 16.2 Å². The van der Waals surface area contributed by atoms with Crippen LogP contribution in [0.4, 0.5) is 17.1 Å². The standard InChI is InChI=1S/C75H47NO2/c1-3-22-48(23-4-1)73(49-24-5-2-6-25-49)57-29-10-7-26-52(57)54-44-42-50(46-65(54)73)76(51-43-45-55-53-27-8-11-30-58(53)75(66(55)47-51)62-34-15-19-40-70(62)78-71-41-20-16-35-63(71)75)67-37-21-36-64-72(67)56-28-9-12-31-59(56)74(64)60-32-13-17-38-68(60)77-69-39-18-14-33-61(69)74/h1-47H. The summed E-state index contributed by atoms with van der Waals surface area (Å²) >= 11 is 0. The molecule has 0 N–H and O–H groups in total. The molecule has 17 rings (SSSR count). The van der Waals surface area contributed by atoms with Crippen molar-refractivity contribution < 1.29 is 9.47 Å². The molecule has 12 aromatic rings. The third-order valence-electron chi connectivity index (χ3n) is 17.9. The van der Waals surface area contributed by atoms with Crippen LogP contribution in [0, 0.1) is 0 Å². The summed E-state index contributed by atoms with van der Waals surface area (Å²) in [6.45, 7) is 0. The second-order valence-corrected chi connectivity index (χ2v) is 21.3. The Morgan fingerprint density at radius 3 is 1.04 bits per heavy atom. The van der Waals surface area contributed by atoms with E-state index in [9.17, 15) is 0 Å². The molecule has 0 unspecified atom stereocenters. The Morgan fingerprint density at radius 1 is 0.231 bits per heavy atom. The van der Waals surface area contributed by atoms with Crippen LogP contribution < -0.4 is 14.4 Å². The van der Waals surface area contributed by atoms with Gasteiger partial charge in [-0.25, -0.2) is 0 Å². The monoisotopic (exact) mass is 993 g/mol. The minimum Gasteiger partial charge on any atom is -0.457 e. The van der Waals surface area contributed by atoms with Gasteiger partial charge in [-0.15, -0.1) is 0 Å². The molecule has 2 heterocycles. The Hall–Kier alpha value is -9.96. The van der Waals surface area contributed by atoms with Crippen LogP contribution in [0.1, 0.15) is 66.8 Å². The van der Waals surface area contributed by atoms with Crippen molar-refractivity contribution in [1.82, 2.24) is 0 Å². The number of rotatable bonds is 5. The summed E-state index contributed by atoms with van der Waals surface area (Å²) in [7, 11) is 0. The largest absolute Gasteiger partial charge is 0.457 e. The number of hydrogen-bond donors (Lipinski definition) is 0. The van der Waals surface area contributed by atoms with Gasteiger partial charge in [0.05, 0.1) is 21.9 Å². The summed E-state index contributed by atoms with van der Waals surface area (Å²) in [4.78, 5) is 2.57. The molecule has 0 atom stereocenters. The molecule has 0 saturated carbocycles. The van der Waals surface area contributed by atoms with Crippen molar-refractivity contribution in [3.8, 4) is 56.4 Å². The van der Waals surface area contributed by atoms with E-state index in [1.165, 1.54) is 77.9 Å². The van der Waals surface area contributed by atoms with Crippen LogP contribution in [-0.4, -0.2) is 0 Å². The summed E-state index contributed by atoms with van der Waals surface area (Å²) in [6.07, 6.45) is 0. The lowest BCUT2D eigenvalue weighted by atomic mass is 9.66. The summed E-state index contributed by atoms with van der Waals surface area (Å²) in [6, 6.07) is 106. The highest BCUT2D eigenvalue weighted by Gasteiger charge is 2.54. The molecule has 364 valence electrons. The summed E-state index contributed by atoms with van der Waals surface area (Å²) in [5.74, 6) is 3.49. The van der Waals surface area contributed by atoms with E-state index in [1.54, 1.807) is 0 Å². The van der Waals surface area contributed by atoms with E-state index in [4.69, 9.17) is 9.47 Å². The van der Waals surface area contributed by atoms with E-state index < -0.39 is 16.2 Å². The van der Waals surface area contributed by atoms with E-state index in [2.05, 4.69) is 290 Å². The second kappa shape index (κ2) is 16.0. The van der Waals surface area contributed by atoms with Crippen molar-refractivity contribution in [3.05, 3.63) is 352 Å². The lowest BCUT2D eigenvalue weighted by molar-refractivity contribution is 0.436. The molecule has 0 amide bonds. The fraction of sp³-hybridized carbons (Fsp3) is 0.0400. The number of para-hydroxylation sites is 4. The Labute approximate surface area is 453 Å². The Morgan fingerprint density at radius 2 is 0.564 bits per heavy atom. The molecule has 0 aromatic heterocycles. The smallest absolute Gasteiger partial charge is 0.132 e. The zero-order chi connectivity index (χ0) is 51.2. The first-order chi connectivity index (χ1) is 38.7. The minimum atomic E-state index is -0.667. The van der Waals surface area contributed by atoms with Crippen molar-refractivity contribution >= 4 is 17.1 Å². The van der Waals surface area contributed by atoms with Crippen molar-refractivity contribution in [1.29, 1.82) is 0 Å². The Balaban J connectivity index is 0.994. The van der Waals surface area contributed by atoms with Gasteiger partial charge in [-0.3, -0.25) is 0 Å². The third kappa shape index (κ3) is 5.42. The fourth-order valence-corrected chi connectivity index (χ4v) is 15.1. The Kier molecular flexibility index (Phi) is 8.90. The Bertz CT molecular complexity index is 4350. The van der Waals surface area contributed by atoms with E-state index in [0.717, 1.165) is 62.3 Å². The molecule has 0 bridgehead atoms. The first-order valence-corrected chi connectivity index (χ1v) is 27.1. The summed E-state index contributed by atoms with van der Waals surface area (Å²) in [5.41, 5.74) is 23.1. The van der Waals surface area contributed by atoms with Crippen LogP contribution in [0.25, 0.3) is 33.4 Å². The molecule has 0 radical (unpaired) electrons. The zero-order valence-corrected chi connectivity index (χ0v) is 42.4. The second-order valence-electron chi connectivity index (χ2n) is 21.3. The maximum absolute atomic E-state index is 6.84. The van der Waals surface area contributed by atoms with Crippen LogP contribution >= 0.6 is 0 Å². The van der Waals surface area contributed by atoms with Gasteiger partial charge in [0, 0.05) is 39.2 Å². The summed E-state index contributed by atoms with van der Waals surface area (Å²) < 4.78 is 13.7. The predicted molar refractivity (Wildman–Crippen MR) is 313 cm³/mol. The molecule has 0 saturated heterocycles. The molecule has 12 aromatic carbocycles. The number of fused-ring (bicyclic) bond motifs is 21. The molecule has 3 nitrogen and oxygen atoms in total. The molecule has 3 aliphatic carbocycles. The summed E-state index contributed by atoms with van der Waals surface area (Å²) in [5, 5.41) is 0. The van der Waals surface area contributed by atoms with Gasteiger partial charge in [-0.1, -0.05) is 231 Å². The predicted octanol–water partition coefficient (Wildman–Crippen LogP) is 18.5. The van der Waals surface area contributed by atoms with Gasteiger partial charge in [-0.2, -0.15) is 0 Å². The molecule has 5 aliphatic rings. The van der Waals surface area contributed by atoms with Gasteiger partial charge in [0.25, 0.3) is 0 Å². The van der Waals surface area contributed by atoms with Crippen molar-refractivity contribution in [2.75, 3.05) is 4.90 Å². The molecule has 2 spiro atoms. The van der Waals surface area contributed by atoms with Crippen molar-refractivity contribution in [2.24, 2.45) is 0 Å². The zero-order valence-electron chi connectivity index (χ0n) is 42.4. The van der Waals surface area contributed by atoms with Gasteiger partial charge in [0.2, 0.25) is 0 Å². The van der Waals surface area contributed by atoms with Gasteiger partial charge < -0.3 is 14.4 Å². The lowest BCUT2D eigenvalue weighted by Gasteiger charge is -2.40. The van der Waals surface area contributed by atoms with Crippen LogP contribution in [0.15, 0.2) is 285 Å². The third-order valence-corrected chi connectivity index (χ3v) is 17.9. The highest BCUT2D eigenvalue weighted by atomic mass is 16.5. The van der Waals surface area contributed by atoms with Crippen LogP contribution in [0.3, 0.4) is 0 Å². The highest BCUT2D eigenvalue weighted by Crippen LogP contribution is 2.67. The van der Waals surface area contributed by atoms with E-state index >= 15 is 0 Å². The highest BCUT2D eigenvalue weighted by molar-refractivity contribution is 6.00. The molecule has 2 aliphatic heterocycles. The average Bonchev–Trinajstić information content (AvgIpc) is 3.87. The fourth-order valence-electron chi connectivity index (χ4n) is 15.1. The number of nitrogens with zero attached hydrogens (tertiary/aromatic N) is 1.